The molecule has 1 amide bonds. The summed E-state index contributed by atoms with van der Waals surface area (Å²) < 4.78 is 12.9. The maximum Gasteiger partial charge on any atom is 0.238 e. The van der Waals surface area contributed by atoms with Crippen molar-refractivity contribution in [2.45, 2.75) is 19.3 Å². The summed E-state index contributed by atoms with van der Waals surface area (Å²) in [6, 6.07) is 5.91. The van der Waals surface area contributed by atoms with Crippen molar-refractivity contribution in [1.82, 2.24) is 5.32 Å². The maximum atomic E-state index is 12.9. The number of anilines is 1. The molecule has 1 aliphatic rings. The molecule has 2 N–H and O–H groups in total. The van der Waals surface area contributed by atoms with Crippen LogP contribution in [-0.4, -0.2) is 19.0 Å². The van der Waals surface area contributed by atoms with E-state index in [4.69, 9.17) is 0 Å². The van der Waals surface area contributed by atoms with Crippen LogP contribution < -0.4 is 10.6 Å². The molecule has 4 heteroatoms. The van der Waals surface area contributed by atoms with Gasteiger partial charge in [-0.25, -0.2) is 4.39 Å². The summed E-state index contributed by atoms with van der Waals surface area (Å²) in [7, 11) is 0. The first-order chi connectivity index (χ1) is 8.24. The highest BCUT2D eigenvalue weighted by Crippen LogP contribution is 2.24. The van der Waals surface area contributed by atoms with E-state index in [9.17, 15) is 9.18 Å². The summed E-state index contributed by atoms with van der Waals surface area (Å²) in [6.45, 7) is 1.18. The van der Waals surface area contributed by atoms with E-state index < -0.39 is 0 Å². The fraction of sp³-hybridized carbons (Fsp3) is 0.462. The molecule has 1 fully saturated rings. The van der Waals surface area contributed by atoms with Crippen molar-refractivity contribution in [3.63, 3.8) is 0 Å². The monoisotopic (exact) mass is 236 g/mol. The van der Waals surface area contributed by atoms with Crippen LogP contribution in [0.4, 0.5) is 10.1 Å². The van der Waals surface area contributed by atoms with Gasteiger partial charge in [0.05, 0.1) is 6.54 Å². The largest absolute Gasteiger partial charge is 0.325 e. The lowest BCUT2D eigenvalue weighted by atomic mass is 9.85. The Balaban J connectivity index is 1.69. The second-order valence-electron chi connectivity index (χ2n) is 4.49. The zero-order chi connectivity index (χ0) is 12.1. The summed E-state index contributed by atoms with van der Waals surface area (Å²) in [5.74, 6) is 0.261. The highest BCUT2D eigenvalue weighted by Gasteiger charge is 2.16. The van der Waals surface area contributed by atoms with E-state index in [1.54, 1.807) is 12.1 Å². The van der Waals surface area contributed by atoms with Crippen molar-refractivity contribution in [1.29, 1.82) is 0 Å². The van der Waals surface area contributed by atoms with Crippen LogP contribution in [0.2, 0.25) is 0 Å². The van der Waals surface area contributed by atoms with Crippen LogP contribution in [-0.2, 0) is 4.79 Å². The van der Waals surface area contributed by atoms with Gasteiger partial charge in [0.1, 0.15) is 5.82 Å². The second-order valence-corrected chi connectivity index (χ2v) is 4.49. The Morgan fingerprint density at radius 2 is 2.24 bits per heavy atom. The summed E-state index contributed by atoms with van der Waals surface area (Å²) in [4.78, 5) is 11.5. The summed E-state index contributed by atoms with van der Waals surface area (Å²) in [6.07, 6.45) is 3.83. The lowest BCUT2D eigenvalue weighted by Gasteiger charge is -2.25. The number of rotatable bonds is 5. The molecule has 1 aromatic rings. The normalized spacial score (nSPS) is 15.4. The van der Waals surface area contributed by atoms with Crippen LogP contribution >= 0.6 is 0 Å². The third-order valence-electron chi connectivity index (χ3n) is 3.05. The smallest absolute Gasteiger partial charge is 0.238 e. The SMILES string of the molecule is O=C(CNCC1CCC1)Nc1cccc(F)c1. The van der Waals surface area contributed by atoms with Crippen LogP contribution in [0.3, 0.4) is 0 Å². The molecule has 92 valence electrons. The van der Waals surface area contributed by atoms with Gasteiger partial charge in [0, 0.05) is 5.69 Å². The van der Waals surface area contributed by atoms with E-state index >= 15 is 0 Å². The number of hydrogen-bond acceptors (Lipinski definition) is 2. The van der Waals surface area contributed by atoms with Gasteiger partial charge in [-0.3, -0.25) is 4.79 Å². The Bertz CT molecular complexity index is 391. The molecule has 1 aliphatic carbocycles. The molecule has 0 aromatic heterocycles. The van der Waals surface area contributed by atoms with E-state index in [0.29, 0.717) is 5.69 Å². The Hall–Kier alpha value is -1.42. The number of amides is 1. The number of nitrogens with one attached hydrogen (secondary N) is 2. The summed E-state index contributed by atoms with van der Waals surface area (Å²) in [5.41, 5.74) is 0.500. The number of carbonyl (C=O) groups is 1. The van der Waals surface area contributed by atoms with Gasteiger partial charge in [0.15, 0.2) is 0 Å². The molecular formula is C13H17FN2O. The van der Waals surface area contributed by atoms with Crippen LogP contribution in [0, 0.1) is 11.7 Å². The van der Waals surface area contributed by atoms with Gasteiger partial charge in [0.25, 0.3) is 0 Å². The molecule has 0 heterocycles. The van der Waals surface area contributed by atoms with Crippen molar-refractivity contribution in [3.05, 3.63) is 30.1 Å². The summed E-state index contributed by atoms with van der Waals surface area (Å²) in [5, 5.41) is 5.77. The van der Waals surface area contributed by atoms with Gasteiger partial charge in [-0.2, -0.15) is 0 Å². The van der Waals surface area contributed by atoms with E-state index in [1.807, 2.05) is 0 Å². The van der Waals surface area contributed by atoms with Crippen LogP contribution in [0.5, 0.6) is 0 Å². The number of halogens is 1. The predicted octanol–water partition coefficient (Wildman–Crippen LogP) is 2.15. The Kier molecular flexibility index (Phi) is 4.09. The van der Waals surface area contributed by atoms with Gasteiger partial charge in [-0.1, -0.05) is 12.5 Å². The first-order valence-corrected chi connectivity index (χ1v) is 6.00. The average molecular weight is 236 g/mol. The van der Waals surface area contributed by atoms with E-state index in [2.05, 4.69) is 10.6 Å². The number of benzene rings is 1. The lowest BCUT2D eigenvalue weighted by Crippen LogP contribution is -2.33. The minimum Gasteiger partial charge on any atom is -0.325 e. The van der Waals surface area contributed by atoms with Crippen molar-refractivity contribution < 1.29 is 9.18 Å². The van der Waals surface area contributed by atoms with Crippen LogP contribution in [0.1, 0.15) is 19.3 Å². The van der Waals surface area contributed by atoms with Crippen LogP contribution in [0.15, 0.2) is 24.3 Å². The molecule has 0 bridgehead atoms. The molecule has 0 spiro atoms. The molecule has 0 radical (unpaired) electrons. The Morgan fingerprint density at radius 3 is 2.88 bits per heavy atom. The second kappa shape index (κ2) is 5.77. The minimum absolute atomic E-state index is 0.130. The lowest BCUT2D eigenvalue weighted by molar-refractivity contribution is -0.115. The predicted molar refractivity (Wildman–Crippen MR) is 65.2 cm³/mol. The highest BCUT2D eigenvalue weighted by atomic mass is 19.1. The van der Waals surface area contributed by atoms with Gasteiger partial charge in [0.2, 0.25) is 5.91 Å². The first kappa shape index (κ1) is 12.0. The third-order valence-corrected chi connectivity index (χ3v) is 3.05. The molecule has 2 rings (SSSR count). The highest BCUT2D eigenvalue weighted by molar-refractivity contribution is 5.92. The molecule has 1 saturated carbocycles. The number of carbonyl (C=O) groups excluding carboxylic acids is 1. The van der Waals surface area contributed by atoms with Crippen molar-refractivity contribution in [3.8, 4) is 0 Å². The van der Waals surface area contributed by atoms with Crippen molar-refractivity contribution in [2.24, 2.45) is 5.92 Å². The average Bonchev–Trinajstić information content (AvgIpc) is 2.22. The van der Waals surface area contributed by atoms with Gasteiger partial charge in [-0.05, 0) is 43.5 Å². The first-order valence-electron chi connectivity index (χ1n) is 6.00. The molecule has 3 nitrogen and oxygen atoms in total. The van der Waals surface area contributed by atoms with E-state index in [1.165, 1.54) is 31.4 Å². The molecule has 17 heavy (non-hydrogen) atoms. The standard InChI is InChI=1S/C13H17FN2O/c14-11-5-2-6-12(7-11)16-13(17)9-15-8-10-3-1-4-10/h2,5-7,10,15H,1,3-4,8-9H2,(H,16,17). The van der Waals surface area contributed by atoms with Gasteiger partial charge in [-0.15, -0.1) is 0 Å². The zero-order valence-corrected chi connectivity index (χ0v) is 9.71. The fourth-order valence-electron chi connectivity index (χ4n) is 1.86. The maximum absolute atomic E-state index is 12.9. The van der Waals surface area contributed by atoms with Gasteiger partial charge < -0.3 is 10.6 Å². The van der Waals surface area contributed by atoms with E-state index in [0.717, 1.165) is 12.5 Å². The molecule has 1 aromatic carbocycles. The van der Waals surface area contributed by atoms with Crippen molar-refractivity contribution >= 4 is 11.6 Å². The molecule has 0 saturated heterocycles. The van der Waals surface area contributed by atoms with Crippen LogP contribution in [0.25, 0.3) is 0 Å². The van der Waals surface area contributed by atoms with E-state index in [-0.39, 0.29) is 18.3 Å². The third kappa shape index (κ3) is 3.82. The summed E-state index contributed by atoms with van der Waals surface area (Å²) >= 11 is 0. The Morgan fingerprint density at radius 1 is 1.41 bits per heavy atom. The number of hydrogen-bond donors (Lipinski definition) is 2. The van der Waals surface area contributed by atoms with Crippen molar-refractivity contribution in [2.75, 3.05) is 18.4 Å². The molecule has 0 unspecified atom stereocenters. The molecule has 0 aliphatic heterocycles. The molecule has 0 atom stereocenters. The molecular weight excluding hydrogens is 219 g/mol. The minimum atomic E-state index is -0.342. The van der Waals surface area contributed by atoms with Gasteiger partial charge >= 0.3 is 0 Å². The Labute approximate surface area is 100 Å². The quantitative estimate of drug-likeness (QED) is 0.822. The topological polar surface area (TPSA) is 41.1 Å². The fourth-order valence-corrected chi connectivity index (χ4v) is 1.86. The zero-order valence-electron chi connectivity index (χ0n) is 9.71.